The number of carbonyl (C=O) groups is 1. The van der Waals surface area contributed by atoms with Gasteiger partial charge in [0.1, 0.15) is 0 Å². The molecule has 0 saturated carbocycles. The Balaban J connectivity index is 1.66. The van der Waals surface area contributed by atoms with Crippen LogP contribution < -0.4 is 14.4 Å². The summed E-state index contributed by atoms with van der Waals surface area (Å²) in [4.78, 5) is 19.0. The van der Waals surface area contributed by atoms with Crippen molar-refractivity contribution in [3.05, 3.63) is 53.9 Å². The van der Waals surface area contributed by atoms with E-state index in [1.807, 2.05) is 48.1 Å². The number of pyridine rings is 1. The lowest BCUT2D eigenvalue weighted by atomic mass is 10.0. The van der Waals surface area contributed by atoms with Crippen molar-refractivity contribution in [2.45, 2.75) is 20.0 Å². The molecule has 0 radical (unpaired) electrons. The van der Waals surface area contributed by atoms with Gasteiger partial charge in [-0.1, -0.05) is 6.07 Å². The first kappa shape index (κ1) is 17.1. The number of anilines is 1. The Kier molecular flexibility index (Phi) is 4.27. The van der Waals surface area contributed by atoms with E-state index >= 15 is 0 Å². The molecule has 7 heteroatoms. The first-order valence-corrected chi connectivity index (χ1v) is 8.71. The number of amides is 1. The third-order valence-electron chi connectivity index (χ3n) is 4.70. The van der Waals surface area contributed by atoms with E-state index in [0.717, 1.165) is 29.1 Å². The molecule has 0 unspecified atom stereocenters. The SMILES string of the molecule is CCn1cc(N2Cc3cc(-c4ccc(OC)c(OC)n4)ccc3C2=O)cn1. The summed E-state index contributed by atoms with van der Waals surface area (Å²) in [6, 6.07) is 9.47. The maximum Gasteiger partial charge on any atom is 0.259 e. The van der Waals surface area contributed by atoms with Crippen molar-refractivity contribution >= 4 is 11.6 Å². The summed E-state index contributed by atoms with van der Waals surface area (Å²) in [5.41, 5.74) is 4.18. The van der Waals surface area contributed by atoms with Gasteiger partial charge in [-0.3, -0.25) is 9.48 Å². The lowest BCUT2D eigenvalue weighted by molar-refractivity contribution is 0.0996. The summed E-state index contributed by atoms with van der Waals surface area (Å²) in [5.74, 6) is 1.00. The minimum atomic E-state index is -0.00697. The van der Waals surface area contributed by atoms with Crippen molar-refractivity contribution in [1.29, 1.82) is 0 Å². The maximum absolute atomic E-state index is 12.8. The molecule has 0 saturated heterocycles. The molecule has 1 aliphatic heterocycles. The molecule has 0 spiro atoms. The molecule has 1 aliphatic rings. The second-order valence-corrected chi connectivity index (χ2v) is 6.23. The van der Waals surface area contributed by atoms with Gasteiger partial charge in [-0.15, -0.1) is 0 Å². The number of aromatic nitrogens is 3. The largest absolute Gasteiger partial charge is 0.491 e. The molecule has 1 amide bonds. The number of fused-ring (bicyclic) bond motifs is 1. The van der Waals surface area contributed by atoms with E-state index in [4.69, 9.17) is 9.47 Å². The molecule has 2 aromatic heterocycles. The van der Waals surface area contributed by atoms with E-state index in [1.165, 1.54) is 0 Å². The van der Waals surface area contributed by atoms with Gasteiger partial charge in [-0.05, 0) is 36.8 Å². The van der Waals surface area contributed by atoms with Crippen molar-refractivity contribution in [2.75, 3.05) is 19.1 Å². The standard InChI is InChI=1S/C20H20N4O3/c1-4-23-12-15(10-21-23)24-11-14-9-13(5-6-16(14)20(24)25)17-7-8-18(26-2)19(22-17)27-3/h5-10,12H,4,11H2,1-3H3. The van der Waals surface area contributed by atoms with Crippen LogP contribution in [0.1, 0.15) is 22.8 Å². The highest BCUT2D eigenvalue weighted by Crippen LogP contribution is 2.33. The van der Waals surface area contributed by atoms with Gasteiger partial charge in [0.2, 0.25) is 0 Å². The van der Waals surface area contributed by atoms with Gasteiger partial charge >= 0.3 is 0 Å². The smallest absolute Gasteiger partial charge is 0.259 e. The Hall–Kier alpha value is -3.35. The Morgan fingerprint density at radius 1 is 1.15 bits per heavy atom. The number of hydrogen-bond acceptors (Lipinski definition) is 5. The quantitative estimate of drug-likeness (QED) is 0.696. The molecule has 3 heterocycles. The van der Waals surface area contributed by atoms with Crippen molar-refractivity contribution in [2.24, 2.45) is 0 Å². The monoisotopic (exact) mass is 364 g/mol. The fourth-order valence-corrected chi connectivity index (χ4v) is 3.24. The molecule has 0 fully saturated rings. The van der Waals surface area contributed by atoms with Crippen molar-refractivity contribution < 1.29 is 14.3 Å². The summed E-state index contributed by atoms with van der Waals surface area (Å²) in [7, 11) is 3.14. The summed E-state index contributed by atoms with van der Waals surface area (Å²) >= 11 is 0. The van der Waals surface area contributed by atoms with Crippen LogP contribution in [0.25, 0.3) is 11.3 Å². The molecule has 1 aromatic carbocycles. The van der Waals surface area contributed by atoms with Crippen LogP contribution in [0, 0.1) is 0 Å². The first-order chi connectivity index (χ1) is 13.1. The van der Waals surface area contributed by atoms with Crippen molar-refractivity contribution in [3.63, 3.8) is 0 Å². The number of ether oxygens (including phenoxy) is 2. The third kappa shape index (κ3) is 2.91. The number of aryl methyl sites for hydroxylation is 1. The van der Waals surface area contributed by atoms with Crippen LogP contribution in [-0.2, 0) is 13.1 Å². The molecule has 0 bridgehead atoms. The fraction of sp³-hybridized carbons (Fsp3) is 0.250. The lowest BCUT2D eigenvalue weighted by Crippen LogP contribution is -2.22. The minimum absolute atomic E-state index is 0.00697. The molecule has 138 valence electrons. The minimum Gasteiger partial charge on any atom is -0.491 e. The van der Waals surface area contributed by atoms with Crippen LogP contribution in [0.2, 0.25) is 0 Å². The van der Waals surface area contributed by atoms with Crippen LogP contribution in [0.15, 0.2) is 42.7 Å². The lowest BCUT2D eigenvalue weighted by Gasteiger charge is -2.12. The Morgan fingerprint density at radius 3 is 2.70 bits per heavy atom. The van der Waals surface area contributed by atoms with Crippen LogP contribution in [0.4, 0.5) is 5.69 Å². The Labute approximate surface area is 157 Å². The average Bonchev–Trinajstić information content (AvgIpc) is 3.31. The zero-order valence-corrected chi connectivity index (χ0v) is 15.5. The molecule has 0 atom stereocenters. The highest BCUT2D eigenvalue weighted by Gasteiger charge is 2.29. The fourth-order valence-electron chi connectivity index (χ4n) is 3.24. The molecule has 0 N–H and O–H groups in total. The Morgan fingerprint density at radius 2 is 2.00 bits per heavy atom. The number of carbonyl (C=O) groups excluding carboxylic acids is 1. The van der Waals surface area contributed by atoms with Crippen molar-refractivity contribution in [3.8, 4) is 22.9 Å². The van der Waals surface area contributed by atoms with Gasteiger partial charge in [0, 0.05) is 23.9 Å². The normalized spacial score (nSPS) is 13.0. The molecular formula is C20H20N4O3. The summed E-state index contributed by atoms with van der Waals surface area (Å²) in [5, 5.41) is 4.26. The average molecular weight is 364 g/mol. The van der Waals surface area contributed by atoms with E-state index in [1.54, 1.807) is 25.3 Å². The van der Waals surface area contributed by atoms with Gasteiger partial charge < -0.3 is 14.4 Å². The molecule has 3 aromatic rings. The van der Waals surface area contributed by atoms with Crippen LogP contribution in [-0.4, -0.2) is 34.9 Å². The van der Waals surface area contributed by atoms with E-state index in [0.29, 0.717) is 23.7 Å². The van der Waals surface area contributed by atoms with Crippen LogP contribution in [0.3, 0.4) is 0 Å². The zero-order valence-electron chi connectivity index (χ0n) is 15.5. The second kappa shape index (κ2) is 6.75. The summed E-state index contributed by atoms with van der Waals surface area (Å²) in [6.45, 7) is 3.30. The number of nitrogens with zero attached hydrogens (tertiary/aromatic N) is 4. The molecule has 0 aliphatic carbocycles. The van der Waals surface area contributed by atoms with E-state index in [9.17, 15) is 4.79 Å². The van der Waals surface area contributed by atoms with Crippen molar-refractivity contribution in [1.82, 2.24) is 14.8 Å². The van der Waals surface area contributed by atoms with Crippen LogP contribution >= 0.6 is 0 Å². The second-order valence-electron chi connectivity index (χ2n) is 6.23. The topological polar surface area (TPSA) is 69.5 Å². The zero-order chi connectivity index (χ0) is 19.0. The Bertz CT molecular complexity index is 1010. The van der Waals surface area contributed by atoms with Gasteiger partial charge in [0.25, 0.3) is 11.8 Å². The summed E-state index contributed by atoms with van der Waals surface area (Å²) in [6.07, 6.45) is 3.62. The maximum atomic E-state index is 12.8. The molecule has 4 rings (SSSR count). The number of hydrogen-bond donors (Lipinski definition) is 0. The van der Waals surface area contributed by atoms with E-state index in [-0.39, 0.29) is 5.91 Å². The van der Waals surface area contributed by atoms with Gasteiger partial charge in [0.05, 0.1) is 38.3 Å². The molecule has 7 nitrogen and oxygen atoms in total. The highest BCUT2D eigenvalue weighted by molar-refractivity contribution is 6.10. The number of rotatable bonds is 5. The third-order valence-corrected chi connectivity index (χ3v) is 4.70. The predicted molar refractivity (Wildman–Crippen MR) is 101 cm³/mol. The van der Waals surface area contributed by atoms with Gasteiger partial charge in [-0.2, -0.15) is 5.10 Å². The molecular weight excluding hydrogens is 344 g/mol. The van der Waals surface area contributed by atoms with Gasteiger partial charge in [-0.25, -0.2) is 4.98 Å². The number of methoxy groups -OCH3 is 2. The van der Waals surface area contributed by atoms with Crippen LogP contribution in [0.5, 0.6) is 11.6 Å². The number of benzene rings is 1. The first-order valence-electron chi connectivity index (χ1n) is 8.71. The van der Waals surface area contributed by atoms with E-state index in [2.05, 4.69) is 10.1 Å². The predicted octanol–water partition coefficient (Wildman–Crippen LogP) is 3.14. The van der Waals surface area contributed by atoms with E-state index < -0.39 is 0 Å². The highest BCUT2D eigenvalue weighted by atomic mass is 16.5. The van der Waals surface area contributed by atoms with Gasteiger partial charge in [0.15, 0.2) is 5.75 Å². The summed E-state index contributed by atoms with van der Waals surface area (Å²) < 4.78 is 12.3. The molecule has 27 heavy (non-hydrogen) atoms.